The van der Waals surface area contributed by atoms with Crippen molar-refractivity contribution in [2.45, 2.75) is 19.8 Å². The van der Waals surface area contributed by atoms with Gasteiger partial charge in [0, 0.05) is 17.9 Å². The number of nitrogens with two attached hydrogens (primary N) is 1. The van der Waals surface area contributed by atoms with Crippen LogP contribution in [0.4, 0.5) is 5.69 Å². The van der Waals surface area contributed by atoms with Crippen LogP contribution in [0.5, 0.6) is 5.88 Å². The lowest BCUT2D eigenvalue weighted by atomic mass is 10.0. The Bertz CT molecular complexity index is 626. The molecule has 106 valence electrons. The number of fused-ring (bicyclic) bond motifs is 1. The van der Waals surface area contributed by atoms with Crippen molar-refractivity contribution in [3.8, 4) is 5.88 Å². The average molecular weight is 274 g/mol. The number of anilines is 1. The molecular formula is C15H18N2O3. The molecule has 0 aliphatic rings. The van der Waals surface area contributed by atoms with Gasteiger partial charge < -0.3 is 15.2 Å². The van der Waals surface area contributed by atoms with Crippen molar-refractivity contribution < 1.29 is 14.3 Å². The molecule has 2 N–H and O–H groups in total. The van der Waals surface area contributed by atoms with Gasteiger partial charge in [-0.2, -0.15) is 0 Å². The Balaban J connectivity index is 2.30. The monoisotopic (exact) mass is 274 g/mol. The van der Waals surface area contributed by atoms with E-state index in [2.05, 4.69) is 4.98 Å². The number of hydrogen-bond donors (Lipinski definition) is 1. The van der Waals surface area contributed by atoms with Crippen molar-refractivity contribution in [2.75, 3.05) is 19.5 Å². The van der Waals surface area contributed by atoms with Gasteiger partial charge in [-0.05, 0) is 31.0 Å². The van der Waals surface area contributed by atoms with E-state index in [4.69, 9.17) is 15.2 Å². The number of ether oxygens (including phenoxy) is 2. The maximum atomic E-state index is 11.4. The van der Waals surface area contributed by atoms with Gasteiger partial charge in [0.25, 0.3) is 0 Å². The van der Waals surface area contributed by atoms with Gasteiger partial charge in [-0.15, -0.1) is 0 Å². The first-order chi connectivity index (χ1) is 9.65. The van der Waals surface area contributed by atoms with Crippen molar-refractivity contribution in [1.29, 1.82) is 0 Å². The number of pyridine rings is 1. The van der Waals surface area contributed by atoms with Crippen LogP contribution in [-0.4, -0.2) is 24.7 Å². The van der Waals surface area contributed by atoms with Crippen LogP contribution in [0.1, 0.15) is 18.9 Å². The van der Waals surface area contributed by atoms with E-state index in [-0.39, 0.29) is 5.97 Å². The van der Waals surface area contributed by atoms with Gasteiger partial charge in [0.05, 0.1) is 24.9 Å². The maximum absolute atomic E-state index is 11.4. The molecule has 0 radical (unpaired) electrons. The van der Waals surface area contributed by atoms with Gasteiger partial charge in [-0.3, -0.25) is 4.79 Å². The van der Waals surface area contributed by atoms with Crippen molar-refractivity contribution in [1.82, 2.24) is 4.98 Å². The smallest absolute Gasteiger partial charge is 0.306 e. The number of benzene rings is 1. The van der Waals surface area contributed by atoms with Gasteiger partial charge in [0.2, 0.25) is 5.88 Å². The predicted molar refractivity (Wildman–Crippen MR) is 77.7 cm³/mol. The standard InChI is InChI=1S/C15H18N2O3/c1-3-20-14(18)9-5-10-4-7-12(16)15-11(10)6-8-13(17-15)19-2/h4,6-8H,3,5,9,16H2,1-2H3. The Hall–Kier alpha value is -2.30. The average Bonchev–Trinajstić information content (AvgIpc) is 2.46. The number of nitrogen functional groups attached to an aromatic ring is 1. The molecule has 1 aromatic heterocycles. The van der Waals surface area contributed by atoms with E-state index in [1.807, 2.05) is 12.1 Å². The van der Waals surface area contributed by atoms with Crippen molar-refractivity contribution in [3.63, 3.8) is 0 Å². The fraction of sp³-hybridized carbons (Fsp3) is 0.333. The molecule has 0 spiro atoms. The van der Waals surface area contributed by atoms with Crippen LogP contribution in [0, 0.1) is 0 Å². The second kappa shape index (κ2) is 6.23. The maximum Gasteiger partial charge on any atom is 0.306 e. The number of nitrogens with zero attached hydrogens (tertiary/aromatic N) is 1. The minimum atomic E-state index is -0.195. The van der Waals surface area contributed by atoms with Crippen LogP contribution < -0.4 is 10.5 Å². The molecule has 0 aliphatic heterocycles. The summed E-state index contributed by atoms with van der Waals surface area (Å²) in [7, 11) is 1.56. The summed E-state index contributed by atoms with van der Waals surface area (Å²) in [5, 5.41) is 0.940. The Labute approximate surface area is 117 Å². The molecule has 5 heteroatoms. The second-order valence-corrected chi connectivity index (χ2v) is 4.37. The summed E-state index contributed by atoms with van der Waals surface area (Å²) in [6.45, 7) is 2.20. The first-order valence-corrected chi connectivity index (χ1v) is 6.53. The highest BCUT2D eigenvalue weighted by Gasteiger charge is 2.09. The van der Waals surface area contributed by atoms with Crippen LogP contribution >= 0.6 is 0 Å². The van der Waals surface area contributed by atoms with Crippen LogP contribution in [0.15, 0.2) is 24.3 Å². The molecule has 0 aliphatic carbocycles. The summed E-state index contributed by atoms with van der Waals surface area (Å²) in [6.07, 6.45) is 0.947. The molecule has 0 saturated carbocycles. The Morgan fingerprint density at radius 1 is 1.30 bits per heavy atom. The van der Waals surface area contributed by atoms with E-state index in [0.29, 0.717) is 36.5 Å². The summed E-state index contributed by atoms with van der Waals surface area (Å²) in [6, 6.07) is 7.42. The largest absolute Gasteiger partial charge is 0.481 e. The molecule has 0 saturated heterocycles. The van der Waals surface area contributed by atoms with Crippen molar-refractivity contribution >= 4 is 22.6 Å². The summed E-state index contributed by atoms with van der Waals surface area (Å²) in [5.41, 5.74) is 8.26. The second-order valence-electron chi connectivity index (χ2n) is 4.37. The minimum Gasteiger partial charge on any atom is -0.481 e. The molecule has 1 heterocycles. The zero-order chi connectivity index (χ0) is 14.5. The molecule has 0 amide bonds. The normalized spacial score (nSPS) is 10.5. The van der Waals surface area contributed by atoms with E-state index >= 15 is 0 Å². The number of methoxy groups -OCH3 is 1. The molecule has 2 aromatic rings. The highest BCUT2D eigenvalue weighted by Crippen LogP contribution is 2.26. The fourth-order valence-electron chi connectivity index (χ4n) is 2.08. The van der Waals surface area contributed by atoms with Crippen LogP contribution in [-0.2, 0) is 16.0 Å². The molecule has 0 unspecified atom stereocenters. The molecule has 0 atom stereocenters. The number of hydrogen-bond acceptors (Lipinski definition) is 5. The Morgan fingerprint density at radius 2 is 2.10 bits per heavy atom. The first-order valence-electron chi connectivity index (χ1n) is 6.53. The third kappa shape index (κ3) is 2.99. The third-order valence-electron chi connectivity index (χ3n) is 3.07. The van der Waals surface area contributed by atoms with Crippen LogP contribution in [0.2, 0.25) is 0 Å². The Morgan fingerprint density at radius 3 is 2.80 bits per heavy atom. The quantitative estimate of drug-likeness (QED) is 0.669. The topological polar surface area (TPSA) is 74.4 Å². The van der Waals surface area contributed by atoms with Crippen LogP contribution in [0.3, 0.4) is 0 Å². The SMILES string of the molecule is CCOC(=O)CCc1ccc(N)c2nc(OC)ccc12. The molecule has 1 aromatic carbocycles. The van der Waals surface area contributed by atoms with Gasteiger partial charge in [-0.25, -0.2) is 4.98 Å². The number of rotatable bonds is 5. The summed E-state index contributed by atoms with van der Waals surface area (Å²) >= 11 is 0. The van der Waals surface area contributed by atoms with E-state index in [9.17, 15) is 4.79 Å². The van der Waals surface area contributed by atoms with Gasteiger partial charge in [0.1, 0.15) is 0 Å². The number of aryl methyl sites for hydroxylation is 1. The molecule has 0 bridgehead atoms. The number of aromatic nitrogens is 1. The highest BCUT2D eigenvalue weighted by molar-refractivity contribution is 5.92. The lowest BCUT2D eigenvalue weighted by Crippen LogP contribution is -2.05. The zero-order valence-corrected chi connectivity index (χ0v) is 11.7. The van der Waals surface area contributed by atoms with Crippen molar-refractivity contribution in [2.24, 2.45) is 0 Å². The number of carbonyl (C=O) groups excluding carboxylic acids is 1. The Kier molecular flexibility index (Phi) is 4.40. The molecule has 2 rings (SSSR count). The van der Waals surface area contributed by atoms with Gasteiger partial charge in [0.15, 0.2) is 0 Å². The van der Waals surface area contributed by atoms with Crippen molar-refractivity contribution in [3.05, 3.63) is 29.8 Å². The summed E-state index contributed by atoms with van der Waals surface area (Å²) in [5.74, 6) is 0.325. The molecule has 5 nitrogen and oxygen atoms in total. The third-order valence-corrected chi connectivity index (χ3v) is 3.07. The molecule has 0 fully saturated rings. The summed E-state index contributed by atoms with van der Waals surface area (Å²) in [4.78, 5) is 15.8. The lowest BCUT2D eigenvalue weighted by Gasteiger charge is -2.09. The van der Waals surface area contributed by atoms with E-state index < -0.39 is 0 Å². The van der Waals surface area contributed by atoms with E-state index in [0.717, 1.165) is 10.9 Å². The molecule has 20 heavy (non-hydrogen) atoms. The zero-order valence-electron chi connectivity index (χ0n) is 11.7. The fourth-order valence-corrected chi connectivity index (χ4v) is 2.08. The lowest BCUT2D eigenvalue weighted by molar-refractivity contribution is -0.143. The van der Waals surface area contributed by atoms with E-state index in [1.165, 1.54) is 0 Å². The van der Waals surface area contributed by atoms with E-state index in [1.54, 1.807) is 26.2 Å². The number of esters is 1. The molecular weight excluding hydrogens is 256 g/mol. The number of carbonyl (C=O) groups is 1. The minimum absolute atomic E-state index is 0.195. The van der Waals surface area contributed by atoms with Crippen LogP contribution in [0.25, 0.3) is 10.9 Å². The predicted octanol–water partition coefficient (Wildman–Crippen LogP) is 2.32. The van der Waals surface area contributed by atoms with Gasteiger partial charge >= 0.3 is 5.97 Å². The van der Waals surface area contributed by atoms with Gasteiger partial charge in [-0.1, -0.05) is 6.07 Å². The first kappa shape index (κ1) is 14.1. The highest BCUT2D eigenvalue weighted by atomic mass is 16.5. The summed E-state index contributed by atoms with van der Waals surface area (Å²) < 4.78 is 10.0.